The third kappa shape index (κ3) is 4.42. The molecule has 0 spiro atoms. The van der Waals surface area contributed by atoms with Gasteiger partial charge in [-0.2, -0.15) is 5.26 Å². The van der Waals surface area contributed by atoms with E-state index >= 15 is 0 Å². The summed E-state index contributed by atoms with van der Waals surface area (Å²) in [4.78, 5) is 10.5. The monoisotopic (exact) mass is 385 g/mol. The van der Waals surface area contributed by atoms with Crippen molar-refractivity contribution in [3.8, 4) is 11.8 Å². The van der Waals surface area contributed by atoms with E-state index in [1.54, 1.807) is 18.3 Å². The van der Waals surface area contributed by atoms with Gasteiger partial charge in [0, 0.05) is 23.2 Å². The maximum Gasteiger partial charge on any atom is 0.161 e. The zero-order valence-electron chi connectivity index (χ0n) is 14.8. The number of likely N-dealkylation sites (N-methyl/N-ethyl adjacent to an activating group) is 1. The molecule has 1 aromatic carbocycles. The number of benzene rings is 1. The van der Waals surface area contributed by atoms with Crippen LogP contribution in [0.4, 0.5) is 15.8 Å². The van der Waals surface area contributed by atoms with Gasteiger partial charge in [0.2, 0.25) is 0 Å². The fourth-order valence-electron chi connectivity index (χ4n) is 2.43. The first-order chi connectivity index (χ1) is 13.0. The quantitative estimate of drug-likeness (QED) is 0.691. The van der Waals surface area contributed by atoms with Crippen molar-refractivity contribution in [3.05, 3.63) is 53.1 Å². The second-order valence-corrected chi connectivity index (χ2v) is 6.54. The zero-order valence-corrected chi connectivity index (χ0v) is 15.6. The molecule has 0 aliphatic heterocycles. The van der Waals surface area contributed by atoms with Crippen molar-refractivity contribution < 1.29 is 9.13 Å². The Balaban J connectivity index is 2.01. The third-order valence-electron chi connectivity index (χ3n) is 3.81. The fraction of sp³-hybridized carbons (Fsp3) is 0.211. The summed E-state index contributed by atoms with van der Waals surface area (Å²) >= 11 is 5.80. The van der Waals surface area contributed by atoms with Crippen LogP contribution < -0.4 is 10.1 Å². The summed E-state index contributed by atoms with van der Waals surface area (Å²) in [5, 5.41) is 13.3. The molecule has 27 heavy (non-hydrogen) atoms. The molecular formula is C19H17ClFN5O. The molecule has 0 fully saturated rings. The van der Waals surface area contributed by atoms with Crippen molar-refractivity contribution in [2.45, 2.75) is 0 Å². The standard InChI is InChI=1S/C19H17ClFN5O/c1-26(2)5-6-27-14-8-15-18(12(9-22)10-23-19(15)24-11-14)25-17-4-3-13(20)7-16(17)21/h3-4,7-8,10-11H,5-6H2,1-2H3,(H,23,24,25). The fourth-order valence-corrected chi connectivity index (χ4v) is 2.59. The average Bonchev–Trinajstić information content (AvgIpc) is 2.63. The highest BCUT2D eigenvalue weighted by Crippen LogP contribution is 2.31. The molecule has 8 heteroatoms. The Labute approximate surface area is 161 Å². The molecule has 6 nitrogen and oxygen atoms in total. The number of nitriles is 1. The molecule has 1 N–H and O–H groups in total. The Morgan fingerprint density at radius 1 is 1.26 bits per heavy atom. The van der Waals surface area contributed by atoms with Crippen LogP contribution in [0.5, 0.6) is 5.75 Å². The third-order valence-corrected chi connectivity index (χ3v) is 4.05. The summed E-state index contributed by atoms with van der Waals surface area (Å²) in [6.45, 7) is 1.23. The van der Waals surface area contributed by atoms with Crippen molar-refractivity contribution in [1.82, 2.24) is 14.9 Å². The van der Waals surface area contributed by atoms with Gasteiger partial charge in [0.1, 0.15) is 24.2 Å². The molecule has 0 atom stereocenters. The van der Waals surface area contributed by atoms with Gasteiger partial charge in [0.05, 0.1) is 23.1 Å². The Bertz CT molecular complexity index is 1020. The van der Waals surface area contributed by atoms with E-state index in [9.17, 15) is 9.65 Å². The highest BCUT2D eigenvalue weighted by atomic mass is 35.5. The number of halogens is 2. The van der Waals surface area contributed by atoms with Crippen molar-refractivity contribution in [2.24, 2.45) is 0 Å². The molecule has 3 aromatic rings. The van der Waals surface area contributed by atoms with Crippen molar-refractivity contribution >= 4 is 34.0 Å². The van der Waals surface area contributed by atoms with Crippen molar-refractivity contribution in [2.75, 3.05) is 32.6 Å². The molecular weight excluding hydrogens is 369 g/mol. The summed E-state index contributed by atoms with van der Waals surface area (Å²) < 4.78 is 19.9. The number of fused-ring (bicyclic) bond motifs is 1. The number of ether oxygens (including phenoxy) is 1. The van der Waals surface area contributed by atoms with Gasteiger partial charge in [0.15, 0.2) is 5.65 Å². The maximum absolute atomic E-state index is 14.2. The first-order valence-corrected chi connectivity index (χ1v) is 8.54. The number of pyridine rings is 2. The molecule has 0 aliphatic carbocycles. The lowest BCUT2D eigenvalue weighted by Crippen LogP contribution is -2.19. The Morgan fingerprint density at radius 3 is 2.74 bits per heavy atom. The summed E-state index contributed by atoms with van der Waals surface area (Å²) in [6, 6.07) is 8.08. The Morgan fingerprint density at radius 2 is 2.04 bits per heavy atom. The molecule has 3 rings (SSSR count). The van der Waals surface area contributed by atoms with Crippen molar-refractivity contribution in [1.29, 1.82) is 5.26 Å². The zero-order chi connectivity index (χ0) is 19.4. The number of anilines is 2. The van der Waals surface area contributed by atoms with Crippen LogP contribution in [0.25, 0.3) is 11.0 Å². The number of nitrogens with one attached hydrogen (secondary N) is 1. The number of hydrogen-bond donors (Lipinski definition) is 1. The number of hydrogen-bond acceptors (Lipinski definition) is 6. The molecule has 138 valence electrons. The Hall–Kier alpha value is -2.95. The molecule has 0 amide bonds. The van der Waals surface area contributed by atoms with E-state index in [-0.39, 0.29) is 16.3 Å². The second kappa shape index (κ2) is 8.16. The second-order valence-electron chi connectivity index (χ2n) is 6.10. The smallest absolute Gasteiger partial charge is 0.161 e. The van der Waals surface area contributed by atoms with E-state index in [1.807, 2.05) is 19.0 Å². The van der Waals surface area contributed by atoms with E-state index in [0.29, 0.717) is 29.1 Å². The molecule has 0 aliphatic rings. The highest BCUT2D eigenvalue weighted by molar-refractivity contribution is 6.30. The lowest BCUT2D eigenvalue weighted by atomic mass is 10.1. The van der Waals surface area contributed by atoms with E-state index in [2.05, 4.69) is 21.4 Å². The largest absolute Gasteiger partial charge is 0.491 e. The van der Waals surface area contributed by atoms with Gasteiger partial charge >= 0.3 is 0 Å². The first-order valence-electron chi connectivity index (χ1n) is 8.16. The molecule has 0 saturated carbocycles. The van der Waals surface area contributed by atoms with E-state index in [1.165, 1.54) is 18.3 Å². The summed E-state index contributed by atoms with van der Waals surface area (Å²) in [5.41, 5.74) is 1.30. The first kappa shape index (κ1) is 18.8. The van der Waals surface area contributed by atoms with Gasteiger partial charge in [-0.05, 0) is 38.4 Å². The van der Waals surface area contributed by atoms with Crippen LogP contribution in [0, 0.1) is 17.1 Å². The van der Waals surface area contributed by atoms with E-state index < -0.39 is 5.82 Å². The van der Waals surface area contributed by atoms with Gasteiger partial charge in [0.25, 0.3) is 0 Å². The van der Waals surface area contributed by atoms with Gasteiger partial charge < -0.3 is 15.0 Å². The number of nitrogens with zero attached hydrogens (tertiary/aromatic N) is 4. The van der Waals surface area contributed by atoms with E-state index in [4.69, 9.17) is 16.3 Å². The van der Waals surface area contributed by atoms with Crippen LogP contribution in [0.2, 0.25) is 5.02 Å². The maximum atomic E-state index is 14.2. The van der Waals surface area contributed by atoms with Gasteiger partial charge in [-0.25, -0.2) is 14.4 Å². The lowest BCUT2D eigenvalue weighted by molar-refractivity contribution is 0.261. The minimum Gasteiger partial charge on any atom is -0.491 e. The predicted octanol–water partition coefficient (Wildman–Crippen LogP) is 3.98. The predicted molar refractivity (Wildman–Crippen MR) is 103 cm³/mol. The minimum atomic E-state index is -0.525. The molecule has 0 radical (unpaired) electrons. The average molecular weight is 386 g/mol. The molecule has 2 heterocycles. The van der Waals surface area contributed by atoms with Crippen LogP contribution in [0.1, 0.15) is 5.56 Å². The van der Waals surface area contributed by atoms with E-state index in [0.717, 1.165) is 6.54 Å². The molecule has 0 saturated heterocycles. The van der Waals surface area contributed by atoms with Gasteiger partial charge in [-0.1, -0.05) is 11.6 Å². The van der Waals surface area contributed by atoms with Crippen LogP contribution in [-0.2, 0) is 0 Å². The normalized spacial score (nSPS) is 10.8. The highest BCUT2D eigenvalue weighted by Gasteiger charge is 2.13. The molecule has 0 unspecified atom stereocenters. The number of rotatable bonds is 6. The molecule has 2 aromatic heterocycles. The van der Waals surface area contributed by atoms with Gasteiger partial charge in [-0.3, -0.25) is 0 Å². The number of aromatic nitrogens is 2. The summed E-state index contributed by atoms with van der Waals surface area (Å²) in [6.07, 6.45) is 2.97. The van der Waals surface area contributed by atoms with Crippen molar-refractivity contribution in [3.63, 3.8) is 0 Å². The minimum absolute atomic E-state index is 0.197. The summed E-state index contributed by atoms with van der Waals surface area (Å²) in [7, 11) is 3.90. The molecule has 0 bridgehead atoms. The Kier molecular flexibility index (Phi) is 5.69. The van der Waals surface area contributed by atoms with Gasteiger partial charge in [-0.15, -0.1) is 0 Å². The van der Waals surface area contributed by atoms with Crippen LogP contribution >= 0.6 is 11.6 Å². The van der Waals surface area contributed by atoms with Crippen LogP contribution in [0.15, 0.2) is 36.7 Å². The van der Waals surface area contributed by atoms with Crippen LogP contribution in [-0.4, -0.2) is 42.1 Å². The lowest BCUT2D eigenvalue weighted by Gasteiger charge is -2.14. The van der Waals surface area contributed by atoms with Crippen LogP contribution in [0.3, 0.4) is 0 Å². The summed E-state index contributed by atoms with van der Waals surface area (Å²) in [5.74, 6) is 0.0172. The topological polar surface area (TPSA) is 74.1 Å². The SMILES string of the molecule is CN(C)CCOc1cnc2ncc(C#N)c(Nc3ccc(Cl)cc3F)c2c1.